The zero-order valence-electron chi connectivity index (χ0n) is 16.8. The Balaban J connectivity index is 3.19. The zero-order chi connectivity index (χ0) is 18.8. The second-order valence-electron chi connectivity index (χ2n) is 7.69. The Hall–Kier alpha value is -0.900. The number of rotatable bonds is 17. The third kappa shape index (κ3) is 19.3. The van der Waals surface area contributed by atoms with Crippen molar-refractivity contribution in [3.63, 3.8) is 0 Å². The van der Waals surface area contributed by atoms with E-state index in [1.807, 2.05) is 0 Å². The molecule has 0 aromatic heterocycles. The summed E-state index contributed by atoms with van der Waals surface area (Å²) in [5, 5.41) is 2.37. The number of hydrogen-bond donors (Lipinski definition) is 2. The van der Waals surface area contributed by atoms with Gasteiger partial charge in [0.25, 0.3) is 0 Å². The van der Waals surface area contributed by atoms with Crippen LogP contribution in [0.5, 0.6) is 0 Å². The second kappa shape index (κ2) is 17.9. The molecule has 0 bridgehead atoms. The van der Waals surface area contributed by atoms with Crippen LogP contribution in [-0.4, -0.2) is 18.4 Å². The van der Waals surface area contributed by atoms with E-state index >= 15 is 0 Å². The lowest BCUT2D eigenvalue weighted by Gasteiger charge is -2.05. The van der Waals surface area contributed by atoms with E-state index in [9.17, 15) is 9.59 Å². The number of nitrogens with one attached hydrogen (secondary N) is 1. The standard InChI is InChI=1S/C21H42N2O2/c1-19(2)15-13-11-9-7-5-3-4-6-8-10-12-14-16-20(24)23-21(25)17-18-22/h19H,3-18,22H2,1-2H3,(H,23,24,25). The Morgan fingerprint density at radius 3 is 1.52 bits per heavy atom. The lowest BCUT2D eigenvalue weighted by Crippen LogP contribution is -2.31. The van der Waals surface area contributed by atoms with E-state index in [0.29, 0.717) is 6.42 Å². The monoisotopic (exact) mass is 354 g/mol. The molecule has 0 aromatic carbocycles. The minimum atomic E-state index is -0.257. The van der Waals surface area contributed by atoms with Gasteiger partial charge in [-0.2, -0.15) is 0 Å². The van der Waals surface area contributed by atoms with Crippen LogP contribution in [0.3, 0.4) is 0 Å². The minimum absolute atomic E-state index is 0.160. The largest absolute Gasteiger partial charge is 0.330 e. The molecule has 0 aliphatic rings. The fourth-order valence-electron chi connectivity index (χ4n) is 3.02. The first-order chi connectivity index (χ1) is 12.1. The first kappa shape index (κ1) is 24.1. The van der Waals surface area contributed by atoms with Crippen molar-refractivity contribution < 1.29 is 9.59 Å². The highest BCUT2D eigenvalue weighted by Gasteiger charge is 2.06. The molecule has 0 radical (unpaired) electrons. The van der Waals surface area contributed by atoms with Gasteiger partial charge in [-0.1, -0.05) is 90.9 Å². The summed E-state index contributed by atoms with van der Waals surface area (Å²) in [6, 6.07) is 0. The normalized spacial score (nSPS) is 11.0. The lowest BCUT2D eigenvalue weighted by atomic mass is 10.0. The number of hydrogen-bond acceptors (Lipinski definition) is 3. The van der Waals surface area contributed by atoms with Crippen molar-refractivity contribution in [2.75, 3.05) is 6.54 Å². The summed E-state index contributed by atoms with van der Waals surface area (Å²) in [6.45, 7) is 4.90. The smallest absolute Gasteiger partial charge is 0.227 e. The Kier molecular flexibility index (Phi) is 17.3. The lowest BCUT2D eigenvalue weighted by molar-refractivity contribution is -0.130. The van der Waals surface area contributed by atoms with Gasteiger partial charge < -0.3 is 5.73 Å². The Morgan fingerprint density at radius 1 is 0.680 bits per heavy atom. The number of nitrogens with two attached hydrogens (primary N) is 1. The summed E-state index contributed by atoms with van der Waals surface area (Å²) in [4.78, 5) is 22.7. The Morgan fingerprint density at radius 2 is 1.08 bits per heavy atom. The molecule has 0 heterocycles. The van der Waals surface area contributed by atoms with Crippen LogP contribution in [0.2, 0.25) is 0 Å². The summed E-state index contributed by atoms with van der Waals surface area (Å²) in [5.41, 5.74) is 5.27. The maximum absolute atomic E-state index is 11.5. The molecule has 0 saturated heterocycles. The topological polar surface area (TPSA) is 72.2 Å². The molecule has 0 atom stereocenters. The molecular weight excluding hydrogens is 312 g/mol. The molecule has 148 valence electrons. The van der Waals surface area contributed by atoms with Gasteiger partial charge in [-0.05, 0) is 12.3 Å². The van der Waals surface area contributed by atoms with Crippen LogP contribution < -0.4 is 11.1 Å². The van der Waals surface area contributed by atoms with E-state index in [-0.39, 0.29) is 24.8 Å². The summed E-state index contributed by atoms with van der Waals surface area (Å²) in [6.07, 6.45) is 17.5. The fraction of sp³-hybridized carbons (Fsp3) is 0.905. The zero-order valence-corrected chi connectivity index (χ0v) is 16.8. The van der Waals surface area contributed by atoms with Crippen LogP contribution in [0.15, 0.2) is 0 Å². The highest BCUT2D eigenvalue weighted by molar-refractivity contribution is 5.95. The Bertz CT molecular complexity index is 330. The summed E-state index contributed by atoms with van der Waals surface area (Å²) in [5.74, 6) is 0.437. The van der Waals surface area contributed by atoms with E-state index in [2.05, 4.69) is 19.2 Å². The van der Waals surface area contributed by atoms with Crippen LogP contribution in [0, 0.1) is 5.92 Å². The van der Waals surface area contributed by atoms with Gasteiger partial charge in [0.1, 0.15) is 0 Å². The molecule has 0 fully saturated rings. The molecule has 0 aliphatic heterocycles. The number of amides is 2. The molecule has 0 unspecified atom stereocenters. The third-order valence-corrected chi connectivity index (χ3v) is 4.59. The predicted molar refractivity (Wildman–Crippen MR) is 106 cm³/mol. The fourth-order valence-corrected chi connectivity index (χ4v) is 3.02. The van der Waals surface area contributed by atoms with Gasteiger partial charge in [-0.3, -0.25) is 14.9 Å². The molecule has 0 aliphatic carbocycles. The van der Waals surface area contributed by atoms with Crippen molar-refractivity contribution in [3.05, 3.63) is 0 Å². The molecule has 0 aromatic rings. The quantitative estimate of drug-likeness (QED) is 0.357. The molecule has 0 spiro atoms. The van der Waals surface area contributed by atoms with Gasteiger partial charge in [0.15, 0.2) is 0 Å². The molecule has 2 amide bonds. The first-order valence-electron chi connectivity index (χ1n) is 10.6. The van der Waals surface area contributed by atoms with E-state index in [1.165, 1.54) is 70.6 Å². The molecular formula is C21H42N2O2. The van der Waals surface area contributed by atoms with E-state index in [0.717, 1.165) is 18.8 Å². The van der Waals surface area contributed by atoms with Gasteiger partial charge in [0.05, 0.1) is 0 Å². The van der Waals surface area contributed by atoms with Crippen LogP contribution in [0.4, 0.5) is 0 Å². The number of unbranched alkanes of at least 4 members (excludes halogenated alkanes) is 11. The van der Waals surface area contributed by atoms with Crippen molar-refractivity contribution in [2.24, 2.45) is 11.7 Å². The van der Waals surface area contributed by atoms with Gasteiger partial charge >= 0.3 is 0 Å². The van der Waals surface area contributed by atoms with Gasteiger partial charge in [0.2, 0.25) is 11.8 Å². The molecule has 3 N–H and O–H groups in total. The van der Waals surface area contributed by atoms with Gasteiger partial charge in [-0.25, -0.2) is 0 Å². The van der Waals surface area contributed by atoms with E-state index in [1.54, 1.807) is 0 Å². The van der Waals surface area contributed by atoms with Gasteiger partial charge in [-0.15, -0.1) is 0 Å². The third-order valence-electron chi connectivity index (χ3n) is 4.59. The average molecular weight is 355 g/mol. The predicted octanol–water partition coefficient (Wildman–Crippen LogP) is 5.10. The van der Waals surface area contributed by atoms with E-state index < -0.39 is 0 Å². The number of carbonyl (C=O) groups is 2. The Labute approximate surface area is 155 Å². The second-order valence-corrected chi connectivity index (χ2v) is 7.69. The molecule has 0 rings (SSSR count). The maximum Gasteiger partial charge on any atom is 0.227 e. The molecule has 0 saturated carbocycles. The van der Waals surface area contributed by atoms with Crippen LogP contribution in [0.1, 0.15) is 110 Å². The van der Waals surface area contributed by atoms with Crippen LogP contribution in [-0.2, 0) is 9.59 Å². The van der Waals surface area contributed by atoms with Crippen molar-refractivity contribution in [1.29, 1.82) is 0 Å². The molecule has 4 nitrogen and oxygen atoms in total. The highest BCUT2D eigenvalue weighted by Crippen LogP contribution is 2.14. The highest BCUT2D eigenvalue weighted by atomic mass is 16.2. The molecule has 25 heavy (non-hydrogen) atoms. The summed E-state index contributed by atoms with van der Waals surface area (Å²) < 4.78 is 0. The van der Waals surface area contributed by atoms with Crippen LogP contribution in [0.25, 0.3) is 0 Å². The van der Waals surface area contributed by atoms with Crippen molar-refractivity contribution >= 4 is 11.8 Å². The SMILES string of the molecule is CC(C)CCCCCCCCCCCCCCC(=O)NC(=O)CCN. The number of imide groups is 1. The summed E-state index contributed by atoms with van der Waals surface area (Å²) >= 11 is 0. The van der Waals surface area contributed by atoms with Crippen molar-refractivity contribution in [2.45, 2.75) is 110 Å². The average Bonchev–Trinajstić information content (AvgIpc) is 2.55. The van der Waals surface area contributed by atoms with Crippen molar-refractivity contribution in [1.82, 2.24) is 5.32 Å². The summed E-state index contributed by atoms with van der Waals surface area (Å²) in [7, 11) is 0. The maximum atomic E-state index is 11.5. The van der Waals surface area contributed by atoms with E-state index in [4.69, 9.17) is 5.73 Å². The minimum Gasteiger partial charge on any atom is -0.330 e. The van der Waals surface area contributed by atoms with Gasteiger partial charge in [0, 0.05) is 19.4 Å². The number of carbonyl (C=O) groups excluding carboxylic acids is 2. The van der Waals surface area contributed by atoms with Crippen molar-refractivity contribution in [3.8, 4) is 0 Å². The molecule has 4 heteroatoms. The first-order valence-corrected chi connectivity index (χ1v) is 10.6. The van der Waals surface area contributed by atoms with Crippen LogP contribution >= 0.6 is 0 Å².